The Hall–Kier alpha value is -2.53. The van der Waals surface area contributed by atoms with Crippen molar-refractivity contribution in [1.82, 2.24) is 25.1 Å². The third-order valence-corrected chi connectivity index (χ3v) is 7.39. The van der Waals surface area contributed by atoms with E-state index in [-0.39, 0.29) is 24.2 Å². The van der Waals surface area contributed by atoms with Crippen LogP contribution in [0.5, 0.6) is 17.8 Å². The standard InChI is InChI=1S/C27H42N6O4/c1-24(2)14-18(15-25(3,4)32(24)34)28-21-29-22(36-19-12-10-9-11-13-19)31-23(30-21)37-20-16-26(5,6)33(35)27(7,8)17-20/h9-13,18,20,34-35H,14-17H2,1-8H3,(H,28,29,30,31). The van der Waals surface area contributed by atoms with Gasteiger partial charge in [-0.3, -0.25) is 0 Å². The number of para-hydroxylation sites is 1. The Morgan fingerprint density at radius 1 is 0.730 bits per heavy atom. The van der Waals surface area contributed by atoms with Crippen LogP contribution in [0, 0.1) is 0 Å². The fourth-order valence-corrected chi connectivity index (χ4v) is 6.06. The molecular formula is C27H42N6O4. The second kappa shape index (κ2) is 9.65. The summed E-state index contributed by atoms with van der Waals surface area (Å²) in [6.45, 7) is 16.0. The Labute approximate surface area is 219 Å². The van der Waals surface area contributed by atoms with Gasteiger partial charge in [0.2, 0.25) is 5.95 Å². The molecule has 10 heteroatoms. The summed E-state index contributed by atoms with van der Waals surface area (Å²) in [5, 5.41) is 27.7. The molecule has 3 N–H and O–H groups in total. The van der Waals surface area contributed by atoms with Crippen LogP contribution in [0.15, 0.2) is 30.3 Å². The van der Waals surface area contributed by atoms with Crippen molar-refractivity contribution >= 4 is 5.95 Å². The summed E-state index contributed by atoms with van der Waals surface area (Å²) < 4.78 is 12.3. The molecule has 2 saturated heterocycles. The predicted octanol–water partition coefficient (Wildman–Crippen LogP) is 5.28. The highest BCUT2D eigenvalue weighted by atomic mass is 16.5. The largest absolute Gasteiger partial charge is 0.460 e. The van der Waals surface area contributed by atoms with Gasteiger partial charge in [-0.15, -0.1) is 4.98 Å². The van der Waals surface area contributed by atoms with E-state index in [2.05, 4.69) is 20.3 Å². The van der Waals surface area contributed by atoms with Crippen LogP contribution in [0.4, 0.5) is 5.95 Å². The molecule has 4 rings (SSSR count). The Bertz CT molecular complexity index is 993. The first-order valence-corrected chi connectivity index (χ1v) is 13.0. The number of benzene rings is 1. The Morgan fingerprint density at radius 2 is 1.22 bits per heavy atom. The minimum absolute atomic E-state index is 0.0173. The number of rotatable bonds is 6. The second-order valence-corrected chi connectivity index (χ2v) is 12.9. The van der Waals surface area contributed by atoms with Gasteiger partial charge in [-0.1, -0.05) is 18.2 Å². The second-order valence-electron chi connectivity index (χ2n) is 12.9. The van der Waals surface area contributed by atoms with Crippen molar-refractivity contribution in [2.24, 2.45) is 0 Å². The molecule has 1 aromatic carbocycles. The van der Waals surface area contributed by atoms with E-state index in [0.717, 1.165) is 0 Å². The van der Waals surface area contributed by atoms with Gasteiger partial charge in [0.25, 0.3) is 0 Å². The zero-order valence-corrected chi connectivity index (χ0v) is 23.3. The number of ether oxygens (including phenoxy) is 2. The maximum Gasteiger partial charge on any atom is 0.330 e. The molecule has 204 valence electrons. The molecule has 0 bridgehead atoms. The van der Waals surface area contributed by atoms with Crippen molar-refractivity contribution in [3.63, 3.8) is 0 Å². The third-order valence-electron chi connectivity index (χ3n) is 7.39. The molecule has 0 amide bonds. The van der Waals surface area contributed by atoms with Gasteiger partial charge in [0.05, 0.1) is 0 Å². The fourth-order valence-electron chi connectivity index (χ4n) is 6.06. The lowest BCUT2D eigenvalue weighted by molar-refractivity contribution is -0.255. The Morgan fingerprint density at radius 3 is 1.76 bits per heavy atom. The van der Waals surface area contributed by atoms with Crippen LogP contribution >= 0.6 is 0 Å². The third kappa shape index (κ3) is 6.14. The molecule has 0 atom stereocenters. The summed E-state index contributed by atoms with van der Waals surface area (Å²) in [7, 11) is 0. The van der Waals surface area contributed by atoms with Crippen molar-refractivity contribution < 1.29 is 19.9 Å². The SMILES string of the molecule is CC1(C)CC(Nc2nc(Oc3ccccc3)nc(OC3CC(C)(C)N(O)C(C)(C)C3)n2)CC(C)(C)N1O. The van der Waals surface area contributed by atoms with E-state index in [1.54, 1.807) is 0 Å². The van der Waals surface area contributed by atoms with Crippen LogP contribution in [0.1, 0.15) is 81.1 Å². The number of anilines is 1. The summed E-state index contributed by atoms with van der Waals surface area (Å²) in [6.07, 6.45) is 2.40. The Balaban J connectivity index is 1.61. The Kier molecular flexibility index (Phi) is 7.17. The summed E-state index contributed by atoms with van der Waals surface area (Å²) in [5.74, 6) is 0.967. The van der Waals surface area contributed by atoms with E-state index >= 15 is 0 Å². The molecule has 0 unspecified atom stereocenters. The van der Waals surface area contributed by atoms with E-state index in [1.807, 2.05) is 85.7 Å². The van der Waals surface area contributed by atoms with Gasteiger partial charge in [-0.25, -0.2) is 0 Å². The number of nitrogens with one attached hydrogen (secondary N) is 1. The van der Waals surface area contributed by atoms with Gasteiger partial charge in [-0.2, -0.15) is 20.1 Å². The molecule has 10 nitrogen and oxygen atoms in total. The van der Waals surface area contributed by atoms with Crippen molar-refractivity contribution in [2.45, 2.75) is 115 Å². The molecule has 1 aromatic heterocycles. The van der Waals surface area contributed by atoms with Crippen LogP contribution in [0.3, 0.4) is 0 Å². The summed E-state index contributed by atoms with van der Waals surface area (Å²) in [4.78, 5) is 13.6. The lowest BCUT2D eigenvalue weighted by atomic mass is 9.79. The maximum atomic E-state index is 10.7. The molecule has 2 aliphatic heterocycles. The van der Waals surface area contributed by atoms with Crippen LogP contribution in [-0.2, 0) is 0 Å². The van der Waals surface area contributed by atoms with Crippen LogP contribution < -0.4 is 14.8 Å². The highest BCUT2D eigenvalue weighted by Gasteiger charge is 2.47. The first-order chi connectivity index (χ1) is 17.1. The monoisotopic (exact) mass is 514 g/mol. The molecule has 2 fully saturated rings. The predicted molar refractivity (Wildman–Crippen MR) is 140 cm³/mol. The minimum Gasteiger partial charge on any atom is -0.460 e. The molecule has 2 aromatic rings. The molecule has 0 aliphatic carbocycles. The summed E-state index contributed by atoms with van der Waals surface area (Å²) >= 11 is 0. The highest BCUT2D eigenvalue weighted by molar-refractivity contribution is 5.32. The lowest BCUT2D eigenvalue weighted by Crippen LogP contribution is -2.61. The van der Waals surface area contributed by atoms with E-state index in [1.165, 1.54) is 10.1 Å². The van der Waals surface area contributed by atoms with Gasteiger partial charge >= 0.3 is 12.0 Å². The van der Waals surface area contributed by atoms with Gasteiger partial charge < -0.3 is 25.2 Å². The molecule has 3 heterocycles. The van der Waals surface area contributed by atoms with Crippen molar-refractivity contribution in [2.75, 3.05) is 5.32 Å². The zero-order chi connectivity index (χ0) is 27.2. The summed E-state index contributed by atoms with van der Waals surface area (Å²) in [6, 6.07) is 9.67. The van der Waals surface area contributed by atoms with E-state index in [9.17, 15) is 10.4 Å². The first-order valence-electron chi connectivity index (χ1n) is 13.0. The topological polar surface area (TPSA) is 116 Å². The normalized spacial score (nSPS) is 23.9. The van der Waals surface area contributed by atoms with Crippen molar-refractivity contribution in [3.8, 4) is 17.8 Å². The number of hydrogen-bond acceptors (Lipinski definition) is 10. The first kappa shape index (κ1) is 27.5. The summed E-state index contributed by atoms with van der Waals surface area (Å²) in [5.41, 5.74) is -1.80. The average Bonchev–Trinajstić information content (AvgIpc) is 2.75. The van der Waals surface area contributed by atoms with E-state index in [4.69, 9.17) is 9.47 Å². The van der Waals surface area contributed by atoms with Crippen LogP contribution in [-0.4, -0.2) is 69.8 Å². The number of hydrogen-bond donors (Lipinski definition) is 3. The molecule has 0 radical (unpaired) electrons. The van der Waals surface area contributed by atoms with Crippen molar-refractivity contribution in [1.29, 1.82) is 0 Å². The van der Waals surface area contributed by atoms with Gasteiger partial charge in [0.1, 0.15) is 11.9 Å². The average molecular weight is 515 g/mol. The molecule has 37 heavy (non-hydrogen) atoms. The van der Waals surface area contributed by atoms with E-state index < -0.39 is 22.2 Å². The molecule has 2 aliphatic rings. The van der Waals surface area contributed by atoms with Crippen LogP contribution in [0.25, 0.3) is 0 Å². The maximum absolute atomic E-state index is 10.7. The highest BCUT2D eigenvalue weighted by Crippen LogP contribution is 2.39. The van der Waals surface area contributed by atoms with Crippen LogP contribution in [0.2, 0.25) is 0 Å². The zero-order valence-electron chi connectivity index (χ0n) is 23.3. The molecule has 0 saturated carbocycles. The number of hydroxylamine groups is 4. The smallest absolute Gasteiger partial charge is 0.330 e. The molecule has 0 spiro atoms. The van der Waals surface area contributed by atoms with Gasteiger partial charge in [-0.05, 0) is 80.4 Å². The molecular weight excluding hydrogens is 472 g/mol. The lowest BCUT2D eigenvalue weighted by Gasteiger charge is -2.51. The number of nitrogens with zero attached hydrogens (tertiary/aromatic N) is 5. The quantitative estimate of drug-likeness (QED) is 0.470. The number of piperidine rings is 2. The van der Waals surface area contributed by atoms with Gasteiger partial charge in [0, 0.05) is 41.0 Å². The fraction of sp³-hybridized carbons (Fsp3) is 0.667. The van der Waals surface area contributed by atoms with E-state index in [0.29, 0.717) is 37.4 Å². The minimum atomic E-state index is -0.473. The van der Waals surface area contributed by atoms with Crippen molar-refractivity contribution in [3.05, 3.63) is 30.3 Å². The van der Waals surface area contributed by atoms with Gasteiger partial charge in [0.15, 0.2) is 0 Å². The number of aromatic nitrogens is 3.